The lowest BCUT2D eigenvalue weighted by atomic mass is 10.3. The van der Waals surface area contributed by atoms with Crippen molar-refractivity contribution in [1.82, 2.24) is 9.55 Å². The average Bonchev–Trinajstić information content (AvgIpc) is 2.98. The van der Waals surface area contributed by atoms with Crippen molar-refractivity contribution < 1.29 is 9.18 Å². The number of fused-ring (bicyclic) bond motifs is 1. The number of aromatic nitrogens is 2. The Kier molecular flexibility index (Phi) is 4.64. The second-order valence-electron chi connectivity index (χ2n) is 5.14. The Bertz CT molecular complexity index is 983. The van der Waals surface area contributed by atoms with Gasteiger partial charge in [0.15, 0.2) is 0 Å². The van der Waals surface area contributed by atoms with E-state index < -0.39 is 11.7 Å². The third-order valence-electron chi connectivity index (χ3n) is 3.43. The van der Waals surface area contributed by atoms with Crippen molar-refractivity contribution in [3.63, 3.8) is 0 Å². The van der Waals surface area contributed by atoms with Crippen LogP contribution in [0.4, 0.5) is 10.1 Å². The summed E-state index contributed by atoms with van der Waals surface area (Å²) in [5.41, 5.74) is -0.323. The molecule has 0 spiro atoms. The minimum absolute atomic E-state index is 0.0293. The Balaban J connectivity index is 1.84. The molecule has 5 nitrogen and oxygen atoms in total. The minimum atomic E-state index is -0.598. The van der Waals surface area contributed by atoms with Gasteiger partial charge in [-0.3, -0.25) is 14.2 Å². The molecule has 8 heteroatoms. The highest BCUT2D eigenvalue weighted by molar-refractivity contribution is 7.18. The largest absolute Gasteiger partial charge is 0.322 e. The first kappa shape index (κ1) is 16.6. The fourth-order valence-electron chi connectivity index (χ4n) is 2.23. The second kappa shape index (κ2) is 6.70. The summed E-state index contributed by atoms with van der Waals surface area (Å²) in [5.74, 6) is -1.13. The molecule has 2 aromatic heterocycles. The van der Waals surface area contributed by atoms with Gasteiger partial charge in [0.05, 0.1) is 17.4 Å². The molecular weight excluding hydrogens is 353 g/mol. The van der Waals surface area contributed by atoms with Gasteiger partial charge in [-0.2, -0.15) is 0 Å². The van der Waals surface area contributed by atoms with E-state index in [0.29, 0.717) is 15.2 Å². The van der Waals surface area contributed by atoms with Gasteiger partial charge in [-0.1, -0.05) is 18.5 Å². The zero-order chi connectivity index (χ0) is 17.3. The van der Waals surface area contributed by atoms with Gasteiger partial charge in [0.25, 0.3) is 5.56 Å². The van der Waals surface area contributed by atoms with E-state index in [4.69, 9.17) is 11.6 Å². The zero-order valence-electron chi connectivity index (χ0n) is 12.7. The molecule has 1 N–H and O–H groups in total. The highest BCUT2D eigenvalue weighted by Gasteiger charge is 2.12. The standard InChI is InChI=1S/C16H13ClFN3O2S/c1-2-10-6-11-15(24-10)19-8-21(16(11)23)7-14(22)20-13-5-9(17)3-4-12(13)18/h3-6,8H,2,7H2,1H3,(H,20,22). The summed E-state index contributed by atoms with van der Waals surface area (Å²) in [7, 11) is 0. The number of nitrogens with zero attached hydrogens (tertiary/aromatic N) is 2. The molecular formula is C16H13ClFN3O2S. The number of hydrogen-bond donors (Lipinski definition) is 1. The van der Waals surface area contributed by atoms with E-state index in [1.54, 1.807) is 6.07 Å². The first-order chi connectivity index (χ1) is 11.5. The van der Waals surface area contributed by atoms with Crippen LogP contribution in [0.15, 0.2) is 35.4 Å². The van der Waals surface area contributed by atoms with E-state index in [1.165, 1.54) is 34.4 Å². The van der Waals surface area contributed by atoms with Gasteiger partial charge in [0.1, 0.15) is 17.2 Å². The number of carbonyl (C=O) groups excluding carboxylic acids is 1. The lowest BCUT2D eigenvalue weighted by Gasteiger charge is -2.08. The summed E-state index contributed by atoms with van der Waals surface area (Å²) < 4.78 is 14.8. The highest BCUT2D eigenvalue weighted by atomic mass is 35.5. The minimum Gasteiger partial charge on any atom is -0.322 e. The molecule has 3 aromatic rings. The summed E-state index contributed by atoms with van der Waals surface area (Å²) >= 11 is 7.24. The first-order valence-electron chi connectivity index (χ1n) is 7.20. The zero-order valence-corrected chi connectivity index (χ0v) is 14.2. The van der Waals surface area contributed by atoms with Crippen LogP contribution >= 0.6 is 22.9 Å². The summed E-state index contributed by atoms with van der Waals surface area (Å²) in [6.07, 6.45) is 2.14. The number of anilines is 1. The second-order valence-corrected chi connectivity index (χ2v) is 6.69. The Labute approximate surface area is 145 Å². The molecule has 0 aliphatic rings. The SMILES string of the molecule is CCc1cc2c(=O)n(CC(=O)Nc3cc(Cl)ccc3F)cnc2s1. The molecule has 0 unspecified atom stereocenters. The molecule has 2 heterocycles. The number of thiophene rings is 1. The number of halogens is 2. The van der Waals surface area contributed by atoms with Gasteiger partial charge in [0.2, 0.25) is 5.91 Å². The maximum Gasteiger partial charge on any atom is 0.262 e. The topological polar surface area (TPSA) is 64.0 Å². The lowest BCUT2D eigenvalue weighted by molar-refractivity contribution is -0.116. The van der Waals surface area contributed by atoms with Crippen molar-refractivity contribution >= 4 is 44.7 Å². The molecule has 0 saturated carbocycles. The van der Waals surface area contributed by atoms with Crippen molar-refractivity contribution in [2.24, 2.45) is 0 Å². The van der Waals surface area contributed by atoms with Gasteiger partial charge in [0, 0.05) is 9.90 Å². The molecule has 124 valence electrons. The van der Waals surface area contributed by atoms with Crippen LogP contribution in [0.1, 0.15) is 11.8 Å². The van der Waals surface area contributed by atoms with E-state index in [0.717, 1.165) is 17.4 Å². The molecule has 3 rings (SSSR count). The number of carbonyl (C=O) groups is 1. The van der Waals surface area contributed by atoms with Crippen molar-refractivity contribution in [3.05, 3.63) is 56.7 Å². The molecule has 1 aromatic carbocycles. The van der Waals surface area contributed by atoms with Crippen LogP contribution in [0.5, 0.6) is 0 Å². The Morgan fingerprint density at radius 3 is 2.96 bits per heavy atom. The molecule has 0 saturated heterocycles. The Morgan fingerprint density at radius 2 is 2.21 bits per heavy atom. The van der Waals surface area contributed by atoms with Gasteiger partial charge < -0.3 is 5.32 Å². The van der Waals surface area contributed by atoms with E-state index in [1.807, 2.05) is 6.92 Å². The normalized spacial score (nSPS) is 11.0. The van der Waals surface area contributed by atoms with E-state index in [2.05, 4.69) is 10.3 Å². The smallest absolute Gasteiger partial charge is 0.262 e. The quantitative estimate of drug-likeness (QED) is 0.770. The van der Waals surface area contributed by atoms with Crippen molar-refractivity contribution in [2.45, 2.75) is 19.9 Å². The van der Waals surface area contributed by atoms with Crippen LogP contribution in [0, 0.1) is 5.82 Å². The summed E-state index contributed by atoms with van der Waals surface area (Å²) in [4.78, 5) is 30.4. The predicted molar refractivity (Wildman–Crippen MR) is 93.3 cm³/mol. The predicted octanol–water partition coefficient (Wildman–Crippen LogP) is 3.45. The highest BCUT2D eigenvalue weighted by Crippen LogP contribution is 2.21. The van der Waals surface area contributed by atoms with Crippen molar-refractivity contribution in [1.29, 1.82) is 0 Å². The summed E-state index contributed by atoms with van der Waals surface area (Å²) in [6.45, 7) is 1.74. The third-order valence-corrected chi connectivity index (χ3v) is 4.86. The fraction of sp³-hybridized carbons (Fsp3) is 0.188. The van der Waals surface area contributed by atoms with Crippen LogP contribution in [-0.2, 0) is 17.8 Å². The van der Waals surface area contributed by atoms with Crippen molar-refractivity contribution in [3.8, 4) is 0 Å². The number of aryl methyl sites for hydroxylation is 1. The molecule has 0 aliphatic heterocycles. The number of benzene rings is 1. The molecule has 24 heavy (non-hydrogen) atoms. The van der Waals surface area contributed by atoms with E-state index >= 15 is 0 Å². The Morgan fingerprint density at radius 1 is 1.42 bits per heavy atom. The van der Waals surface area contributed by atoms with Crippen LogP contribution < -0.4 is 10.9 Å². The molecule has 0 bridgehead atoms. The lowest BCUT2D eigenvalue weighted by Crippen LogP contribution is -2.27. The van der Waals surface area contributed by atoms with Gasteiger partial charge >= 0.3 is 0 Å². The molecule has 0 fully saturated rings. The summed E-state index contributed by atoms with van der Waals surface area (Å²) in [5, 5.41) is 3.20. The number of hydrogen-bond acceptors (Lipinski definition) is 4. The average molecular weight is 366 g/mol. The van der Waals surface area contributed by atoms with E-state index in [9.17, 15) is 14.0 Å². The Hall–Kier alpha value is -2.25. The van der Waals surface area contributed by atoms with Gasteiger partial charge in [-0.05, 0) is 30.7 Å². The summed E-state index contributed by atoms with van der Waals surface area (Å²) in [6, 6.07) is 5.65. The fourth-order valence-corrected chi connectivity index (χ4v) is 3.33. The number of amides is 1. The van der Waals surface area contributed by atoms with Crippen LogP contribution in [-0.4, -0.2) is 15.5 Å². The maximum atomic E-state index is 13.6. The molecule has 0 radical (unpaired) electrons. The molecule has 0 atom stereocenters. The number of nitrogens with one attached hydrogen (secondary N) is 1. The van der Waals surface area contributed by atoms with Crippen molar-refractivity contribution in [2.75, 3.05) is 5.32 Å². The van der Waals surface area contributed by atoms with Crippen LogP contribution in [0.3, 0.4) is 0 Å². The van der Waals surface area contributed by atoms with Gasteiger partial charge in [-0.15, -0.1) is 11.3 Å². The first-order valence-corrected chi connectivity index (χ1v) is 8.40. The third kappa shape index (κ3) is 3.32. The monoisotopic (exact) mass is 365 g/mol. The van der Waals surface area contributed by atoms with Crippen LogP contribution in [0.2, 0.25) is 5.02 Å². The molecule has 0 aliphatic carbocycles. The van der Waals surface area contributed by atoms with Gasteiger partial charge in [-0.25, -0.2) is 9.37 Å². The maximum absolute atomic E-state index is 13.6. The molecule has 1 amide bonds. The van der Waals surface area contributed by atoms with Crippen LogP contribution in [0.25, 0.3) is 10.2 Å². The number of rotatable bonds is 4. The van der Waals surface area contributed by atoms with E-state index in [-0.39, 0.29) is 17.8 Å².